The Labute approximate surface area is 65.0 Å². The molecule has 4 N–H and O–H groups in total. The summed E-state index contributed by atoms with van der Waals surface area (Å²) in [6, 6.07) is -0.896. The summed E-state index contributed by atoms with van der Waals surface area (Å²) in [5.41, 5.74) is 5.35. The number of carbonyl (C=O) groups is 1. The van der Waals surface area contributed by atoms with Crippen molar-refractivity contribution in [1.29, 1.82) is 0 Å². The van der Waals surface area contributed by atoms with E-state index in [0.717, 1.165) is 12.8 Å². The lowest BCUT2D eigenvalue weighted by Gasteiger charge is -2.17. The number of aliphatic carboxylic acids is 1. The normalized spacial score (nSPS) is 33.6. The summed E-state index contributed by atoms with van der Waals surface area (Å²) in [6.45, 7) is 0. The van der Waals surface area contributed by atoms with Crippen molar-refractivity contribution in [3.05, 3.63) is 0 Å². The highest BCUT2D eigenvalue weighted by atomic mass is 16.4. The van der Waals surface area contributed by atoms with Crippen molar-refractivity contribution in [2.24, 2.45) is 11.7 Å². The molecule has 0 aromatic heterocycles. The fraction of sp³-hybridized carbons (Fsp3) is 0.857. The van der Waals surface area contributed by atoms with E-state index >= 15 is 0 Å². The van der Waals surface area contributed by atoms with E-state index in [0.29, 0.717) is 6.42 Å². The van der Waals surface area contributed by atoms with Gasteiger partial charge in [-0.25, -0.2) is 0 Å². The molecule has 0 saturated heterocycles. The molecule has 0 bridgehead atoms. The first-order chi connectivity index (χ1) is 5.13. The highest BCUT2D eigenvalue weighted by molar-refractivity contribution is 5.73. The van der Waals surface area contributed by atoms with Crippen molar-refractivity contribution in [3.63, 3.8) is 0 Å². The number of carboxylic acid groups (broad SMARTS) is 1. The Morgan fingerprint density at radius 3 is 2.55 bits per heavy atom. The predicted molar refractivity (Wildman–Crippen MR) is 39.0 cm³/mol. The quantitative estimate of drug-likeness (QED) is 0.510. The van der Waals surface area contributed by atoms with Crippen LogP contribution in [0.2, 0.25) is 0 Å². The minimum atomic E-state index is -1.02. The maximum Gasteiger partial charge on any atom is 0.320 e. The molecule has 0 aromatic rings. The zero-order valence-corrected chi connectivity index (χ0v) is 6.23. The highest BCUT2D eigenvalue weighted by Crippen LogP contribution is 2.27. The lowest BCUT2D eigenvalue weighted by atomic mass is 9.97. The van der Waals surface area contributed by atoms with Crippen LogP contribution < -0.4 is 5.73 Å². The molecule has 1 aliphatic rings. The van der Waals surface area contributed by atoms with Crippen molar-refractivity contribution < 1.29 is 15.0 Å². The Balaban J connectivity index is 2.52. The van der Waals surface area contributed by atoms with E-state index in [1.54, 1.807) is 0 Å². The summed E-state index contributed by atoms with van der Waals surface area (Å²) in [5, 5.41) is 17.8. The van der Waals surface area contributed by atoms with Crippen LogP contribution in [0.1, 0.15) is 19.3 Å². The number of hydrogen-bond donors (Lipinski definition) is 3. The average Bonchev–Trinajstić information content (AvgIpc) is 2.33. The van der Waals surface area contributed by atoms with Gasteiger partial charge in [-0.1, -0.05) is 6.42 Å². The molecule has 1 unspecified atom stereocenters. The highest BCUT2D eigenvalue weighted by Gasteiger charge is 2.33. The molecule has 64 valence electrons. The van der Waals surface area contributed by atoms with Crippen molar-refractivity contribution in [3.8, 4) is 0 Å². The Morgan fingerprint density at radius 1 is 1.55 bits per heavy atom. The van der Waals surface area contributed by atoms with Gasteiger partial charge in [-0.05, 0) is 12.8 Å². The Morgan fingerprint density at radius 2 is 2.18 bits per heavy atom. The van der Waals surface area contributed by atoms with Crippen LogP contribution in [-0.2, 0) is 4.79 Å². The van der Waals surface area contributed by atoms with Crippen LogP contribution in [0.3, 0.4) is 0 Å². The minimum absolute atomic E-state index is 0.243. The fourth-order valence-electron chi connectivity index (χ4n) is 1.57. The maximum absolute atomic E-state index is 10.4. The number of aliphatic hydroxyl groups excluding tert-OH is 1. The average molecular weight is 159 g/mol. The summed E-state index contributed by atoms with van der Waals surface area (Å²) >= 11 is 0. The van der Waals surface area contributed by atoms with Crippen LogP contribution in [0.15, 0.2) is 0 Å². The molecule has 4 nitrogen and oxygen atoms in total. The first-order valence-corrected chi connectivity index (χ1v) is 3.79. The molecule has 0 aliphatic heterocycles. The Hall–Kier alpha value is -0.610. The van der Waals surface area contributed by atoms with E-state index in [1.165, 1.54) is 0 Å². The van der Waals surface area contributed by atoms with Crippen LogP contribution in [0, 0.1) is 5.92 Å². The van der Waals surface area contributed by atoms with Gasteiger partial charge in [0.05, 0.1) is 6.10 Å². The zero-order valence-electron chi connectivity index (χ0n) is 6.23. The second kappa shape index (κ2) is 3.19. The molecular weight excluding hydrogens is 146 g/mol. The molecule has 3 atom stereocenters. The van der Waals surface area contributed by atoms with Crippen LogP contribution in [-0.4, -0.2) is 28.3 Å². The third kappa shape index (κ3) is 1.70. The van der Waals surface area contributed by atoms with E-state index < -0.39 is 18.1 Å². The zero-order chi connectivity index (χ0) is 8.43. The molecule has 1 saturated carbocycles. The van der Waals surface area contributed by atoms with Gasteiger partial charge in [0, 0.05) is 5.92 Å². The first kappa shape index (κ1) is 8.49. The van der Waals surface area contributed by atoms with Gasteiger partial charge in [-0.3, -0.25) is 4.79 Å². The molecule has 0 spiro atoms. The molecule has 0 amide bonds. The minimum Gasteiger partial charge on any atom is -0.480 e. The standard InChI is InChI=1S/C7H13NO3/c8-6(7(10)11)4-2-1-3-5(4)9/h4-6,9H,1-3,8H2,(H,10,11)/t4-,5-,6?/m1/s1. The van der Waals surface area contributed by atoms with Crippen molar-refractivity contribution in [2.45, 2.75) is 31.4 Å². The number of aliphatic hydroxyl groups is 1. The molecule has 0 aromatic carbocycles. The van der Waals surface area contributed by atoms with Crippen LogP contribution >= 0.6 is 0 Å². The smallest absolute Gasteiger partial charge is 0.320 e. The second-order valence-corrected chi connectivity index (χ2v) is 3.03. The number of rotatable bonds is 2. The summed E-state index contributed by atoms with van der Waals surface area (Å²) in [5.74, 6) is -1.26. The lowest BCUT2D eigenvalue weighted by molar-refractivity contribution is -0.140. The topological polar surface area (TPSA) is 83.6 Å². The first-order valence-electron chi connectivity index (χ1n) is 3.79. The van der Waals surface area contributed by atoms with Gasteiger partial charge >= 0.3 is 5.97 Å². The number of carboxylic acids is 1. The van der Waals surface area contributed by atoms with Crippen molar-refractivity contribution in [1.82, 2.24) is 0 Å². The van der Waals surface area contributed by atoms with Crippen LogP contribution in [0.5, 0.6) is 0 Å². The van der Waals surface area contributed by atoms with Crippen molar-refractivity contribution in [2.75, 3.05) is 0 Å². The van der Waals surface area contributed by atoms with Crippen LogP contribution in [0.4, 0.5) is 0 Å². The molecule has 0 heterocycles. The van der Waals surface area contributed by atoms with Gasteiger partial charge < -0.3 is 15.9 Å². The molecular formula is C7H13NO3. The van der Waals surface area contributed by atoms with Gasteiger partial charge in [0.25, 0.3) is 0 Å². The maximum atomic E-state index is 10.4. The number of nitrogens with two attached hydrogens (primary N) is 1. The van der Waals surface area contributed by atoms with E-state index in [2.05, 4.69) is 0 Å². The van der Waals surface area contributed by atoms with Crippen LogP contribution in [0.25, 0.3) is 0 Å². The van der Waals surface area contributed by atoms with E-state index in [-0.39, 0.29) is 5.92 Å². The lowest BCUT2D eigenvalue weighted by Crippen LogP contribution is -2.41. The monoisotopic (exact) mass is 159 g/mol. The third-order valence-electron chi connectivity index (χ3n) is 2.28. The Kier molecular flexibility index (Phi) is 2.46. The van der Waals surface area contributed by atoms with E-state index in [4.69, 9.17) is 10.8 Å². The van der Waals surface area contributed by atoms with Gasteiger partial charge in [0.1, 0.15) is 6.04 Å². The number of hydrogen-bond acceptors (Lipinski definition) is 3. The molecule has 0 radical (unpaired) electrons. The predicted octanol–water partition coefficient (Wildman–Crippen LogP) is -0.441. The molecule has 1 rings (SSSR count). The second-order valence-electron chi connectivity index (χ2n) is 3.03. The van der Waals surface area contributed by atoms with Crippen molar-refractivity contribution >= 4 is 5.97 Å². The van der Waals surface area contributed by atoms with Gasteiger partial charge in [-0.2, -0.15) is 0 Å². The molecule has 11 heavy (non-hydrogen) atoms. The van der Waals surface area contributed by atoms with E-state index in [1.807, 2.05) is 0 Å². The van der Waals surface area contributed by atoms with Gasteiger partial charge in [-0.15, -0.1) is 0 Å². The molecule has 4 heteroatoms. The fourth-order valence-corrected chi connectivity index (χ4v) is 1.57. The summed E-state index contributed by atoms with van der Waals surface area (Å²) in [6.07, 6.45) is 1.79. The summed E-state index contributed by atoms with van der Waals surface area (Å²) < 4.78 is 0. The summed E-state index contributed by atoms with van der Waals surface area (Å²) in [4.78, 5) is 10.4. The molecule has 1 aliphatic carbocycles. The SMILES string of the molecule is NC(C(=O)O)[C@@H]1CCC[C@H]1O. The van der Waals surface area contributed by atoms with E-state index in [9.17, 15) is 9.90 Å². The Bertz CT molecular complexity index is 160. The van der Waals surface area contributed by atoms with Gasteiger partial charge in [0.2, 0.25) is 0 Å². The largest absolute Gasteiger partial charge is 0.480 e. The summed E-state index contributed by atoms with van der Waals surface area (Å²) in [7, 11) is 0. The van der Waals surface area contributed by atoms with Gasteiger partial charge in [0.15, 0.2) is 0 Å². The third-order valence-corrected chi connectivity index (χ3v) is 2.28. The molecule has 1 fully saturated rings.